The Kier molecular flexibility index (Phi) is 2.96. The lowest BCUT2D eigenvalue weighted by atomic mass is 10.2. The van der Waals surface area contributed by atoms with E-state index in [4.69, 9.17) is 5.11 Å². The summed E-state index contributed by atoms with van der Waals surface area (Å²) in [6.07, 6.45) is 0. The van der Waals surface area contributed by atoms with Gasteiger partial charge in [0.1, 0.15) is 0 Å². The number of aromatic amines is 1. The molecule has 1 aromatic heterocycles. The second-order valence-electron chi connectivity index (χ2n) is 4.13. The van der Waals surface area contributed by atoms with Crippen LogP contribution in [0, 0.1) is 0 Å². The van der Waals surface area contributed by atoms with Crippen LogP contribution in [0.4, 0.5) is 11.6 Å². The maximum atomic E-state index is 10.7. The Morgan fingerprint density at radius 3 is 2.50 bits per heavy atom. The summed E-state index contributed by atoms with van der Waals surface area (Å²) in [5.41, 5.74) is 2.49. The number of nitrogens with one attached hydrogen (secondary N) is 1. The number of carbonyl (C=O) groups is 1. The largest absolute Gasteiger partial charge is 0.478 e. The maximum Gasteiger partial charge on any atom is 0.335 e. The zero-order valence-corrected chi connectivity index (χ0v) is 10.3. The van der Waals surface area contributed by atoms with Crippen molar-refractivity contribution in [3.05, 3.63) is 54.1 Å². The van der Waals surface area contributed by atoms with E-state index in [1.54, 1.807) is 12.1 Å². The highest BCUT2D eigenvalue weighted by atomic mass is 16.4. The summed E-state index contributed by atoms with van der Waals surface area (Å²) in [4.78, 5) is 18.0. The van der Waals surface area contributed by atoms with Gasteiger partial charge in [-0.2, -0.15) is 0 Å². The first-order valence-electron chi connectivity index (χ1n) is 5.92. The number of aromatic carboxylic acids is 1. The molecule has 0 aliphatic carbocycles. The number of carboxylic acids is 1. The Morgan fingerprint density at radius 1 is 1.05 bits per heavy atom. The van der Waals surface area contributed by atoms with Crippen LogP contribution < -0.4 is 0 Å². The van der Waals surface area contributed by atoms with Gasteiger partial charge in [0.05, 0.1) is 22.3 Å². The molecule has 20 heavy (non-hydrogen) atoms. The molecule has 98 valence electrons. The van der Waals surface area contributed by atoms with Crippen LogP contribution in [-0.2, 0) is 0 Å². The van der Waals surface area contributed by atoms with Gasteiger partial charge in [-0.25, -0.2) is 9.78 Å². The minimum absolute atomic E-state index is 0.215. The topological polar surface area (TPSA) is 90.7 Å². The van der Waals surface area contributed by atoms with E-state index in [2.05, 4.69) is 20.2 Å². The van der Waals surface area contributed by atoms with Gasteiger partial charge in [0.2, 0.25) is 5.95 Å². The average Bonchev–Trinajstić information content (AvgIpc) is 2.88. The van der Waals surface area contributed by atoms with E-state index in [9.17, 15) is 4.79 Å². The number of nitrogens with zero attached hydrogens (tertiary/aromatic N) is 3. The van der Waals surface area contributed by atoms with E-state index in [-0.39, 0.29) is 5.56 Å². The Hall–Kier alpha value is -3.02. The van der Waals surface area contributed by atoms with Crippen LogP contribution in [0.5, 0.6) is 0 Å². The fourth-order valence-corrected chi connectivity index (χ4v) is 1.76. The fourth-order valence-electron chi connectivity index (χ4n) is 1.76. The van der Waals surface area contributed by atoms with Crippen molar-refractivity contribution in [2.24, 2.45) is 10.2 Å². The molecule has 0 atom stereocenters. The van der Waals surface area contributed by atoms with Gasteiger partial charge in [-0.3, -0.25) is 0 Å². The van der Waals surface area contributed by atoms with E-state index in [1.165, 1.54) is 12.1 Å². The first kappa shape index (κ1) is 12.0. The minimum Gasteiger partial charge on any atom is -0.478 e. The molecule has 6 nitrogen and oxygen atoms in total. The lowest BCUT2D eigenvalue weighted by molar-refractivity contribution is 0.0697. The molecule has 0 unspecified atom stereocenters. The SMILES string of the molecule is O=C(O)c1ccc(N=Nc2nc3ccccc3[nH]2)cc1. The molecule has 6 heteroatoms. The third-order valence-electron chi connectivity index (χ3n) is 2.75. The van der Waals surface area contributed by atoms with Gasteiger partial charge in [-0.1, -0.05) is 12.1 Å². The van der Waals surface area contributed by atoms with Crippen molar-refractivity contribution in [3.63, 3.8) is 0 Å². The molecule has 0 bridgehead atoms. The molecule has 0 radical (unpaired) electrons. The van der Waals surface area contributed by atoms with Crippen LogP contribution in [0.15, 0.2) is 58.8 Å². The second kappa shape index (κ2) is 4.93. The summed E-state index contributed by atoms with van der Waals surface area (Å²) in [5.74, 6) is -0.556. The Labute approximate surface area is 113 Å². The molecule has 3 rings (SSSR count). The van der Waals surface area contributed by atoms with Gasteiger partial charge in [-0.15, -0.1) is 10.2 Å². The molecule has 2 N–H and O–H groups in total. The number of hydrogen-bond acceptors (Lipinski definition) is 4. The molecule has 0 fully saturated rings. The number of fused-ring (bicyclic) bond motifs is 1. The minimum atomic E-state index is -0.967. The molecule has 1 heterocycles. The van der Waals surface area contributed by atoms with Gasteiger partial charge in [0.15, 0.2) is 0 Å². The number of aromatic nitrogens is 2. The average molecular weight is 266 g/mol. The van der Waals surface area contributed by atoms with Crippen molar-refractivity contribution in [3.8, 4) is 0 Å². The molecule has 2 aromatic carbocycles. The monoisotopic (exact) mass is 266 g/mol. The van der Waals surface area contributed by atoms with Crippen molar-refractivity contribution in [1.29, 1.82) is 0 Å². The summed E-state index contributed by atoms with van der Waals surface area (Å²) in [6.45, 7) is 0. The molecule has 0 saturated heterocycles. The highest BCUT2D eigenvalue weighted by molar-refractivity contribution is 5.87. The van der Waals surface area contributed by atoms with Crippen LogP contribution in [-0.4, -0.2) is 21.0 Å². The molecule has 0 amide bonds. The van der Waals surface area contributed by atoms with Crippen LogP contribution >= 0.6 is 0 Å². The van der Waals surface area contributed by atoms with Crippen molar-refractivity contribution in [1.82, 2.24) is 9.97 Å². The summed E-state index contributed by atoms with van der Waals surface area (Å²) >= 11 is 0. The Bertz CT molecular complexity index is 757. The lowest BCUT2D eigenvalue weighted by Gasteiger charge is -1.93. The Morgan fingerprint density at radius 2 is 1.80 bits per heavy atom. The van der Waals surface area contributed by atoms with Crippen LogP contribution in [0.3, 0.4) is 0 Å². The van der Waals surface area contributed by atoms with Crippen molar-refractivity contribution in [2.45, 2.75) is 0 Å². The molecular formula is C14H10N4O2. The molecule has 0 spiro atoms. The summed E-state index contributed by atoms with van der Waals surface area (Å²) in [7, 11) is 0. The number of azo groups is 1. The molecule has 0 saturated carbocycles. The third-order valence-corrected chi connectivity index (χ3v) is 2.75. The number of para-hydroxylation sites is 2. The summed E-state index contributed by atoms with van der Waals surface area (Å²) in [5, 5.41) is 16.8. The van der Waals surface area contributed by atoms with Gasteiger partial charge >= 0.3 is 5.97 Å². The predicted molar refractivity (Wildman–Crippen MR) is 73.7 cm³/mol. The normalized spacial score (nSPS) is 11.2. The van der Waals surface area contributed by atoms with Crippen LogP contribution in [0.2, 0.25) is 0 Å². The van der Waals surface area contributed by atoms with Gasteiger partial charge in [0.25, 0.3) is 0 Å². The molecule has 0 aliphatic heterocycles. The summed E-state index contributed by atoms with van der Waals surface area (Å²) in [6, 6.07) is 13.7. The highest BCUT2D eigenvalue weighted by Crippen LogP contribution is 2.19. The Balaban J connectivity index is 1.84. The van der Waals surface area contributed by atoms with Crippen LogP contribution in [0.25, 0.3) is 11.0 Å². The first-order chi connectivity index (χ1) is 9.72. The first-order valence-corrected chi connectivity index (χ1v) is 5.92. The van der Waals surface area contributed by atoms with Crippen molar-refractivity contribution >= 4 is 28.6 Å². The third kappa shape index (κ3) is 2.39. The number of hydrogen-bond donors (Lipinski definition) is 2. The maximum absolute atomic E-state index is 10.7. The smallest absolute Gasteiger partial charge is 0.335 e. The number of carboxylic acid groups (broad SMARTS) is 1. The van der Waals surface area contributed by atoms with Crippen LogP contribution in [0.1, 0.15) is 10.4 Å². The summed E-state index contributed by atoms with van der Waals surface area (Å²) < 4.78 is 0. The van der Waals surface area contributed by atoms with Crippen molar-refractivity contribution < 1.29 is 9.90 Å². The number of benzene rings is 2. The number of rotatable bonds is 3. The van der Waals surface area contributed by atoms with E-state index >= 15 is 0 Å². The number of H-pyrrole nitrogens is 1. The zero-order valence-electron chi connectivity index (χ0n) is 10.3. The highest BCUT2D eigenvalue weighted by Gasteiger charge is 2.02. The van der Waals surface area contributed by atoms with Crippen molar-refractivity contribution in [2.75, 3.05) is 0 Å². The molecule has 0 aliphatic rings. The van der Waals surface area contributed by atoms with Gasteiger partial charge in [0, 0.05) is 0 Å². The van der Waals surface area contributed by atoms with E-state index in [1.807, 2.05) is 24.3 Å². The van der Waals surface area contributed by atoms with E-state index < -0.39 is 5.97 Å². The van der Waals surface area contributed by atoms with Gasteiger partial charge in [-0.05, 0) is 36.4 Å². The van der Waals surface area contributed by atoms with E-state index in [0.29, 0.717) is 11.6 Å². The molecule has 3 aromatic rings. The molecular weight excluding hydrogens is 256 g/mol. The second-order valence-corrected chi connectivity index (χ2v) is 4.13. The lowest BCUT2D eigenvalue weighted by Crippen LogP contribution is -1.93. The zero-order chi connectivity index (χ0) is 13.9. The standard InChI is InChI=1S/C14H10N4O2/c19-13(20)9-5-7-10(8-6-9)17-18-14-15-11-3-1-2-4-12(11)16-14/h1-8H,(H,15,16)(H,19,20). The van der Waals surface area contributed by atoms with Gasteiger partial charge < -0.3 is 10.1 Å². The van der Waals surface area contributed by atoms with E-state index in [0.717, 1.165) is 11.0 Å². The quantitative estimate of drug-likeness (QED) is 0.708. The fraction of sp³-hybridized carbons (Fsp3) is 0. The number of imidazole rings is 1. The predicted octanol–water partition coefficient (Wildman–Crippen LogP) is 3.68.